The zero-order chi connectivity index (χ0) is 19.3. The Hall–Kier alpha value is -2.29. The molecule has 1 atom stereocenters. The normalized spacial score (nSPS) is 13.5. The number of hydrogen-bond donors (Lipinski definition) is 2. The molecule has 3 heteroatoms. The van der Waals surface area contributed by atoms with Crippen molar-refractivity contribution in [1.29, 1.82) is 0 Å². The van der Waals surface area contributed by atoms with Gasteiger partial charge in [-0.15, -0.1) is 0 Å². The van der Waals surface area contributed by atoms with Gasteiger partial charge in [-0.05, 0) is 45.6 Å². The summed E-state index contributed by atoms with van der Waals surface area (Å²) in [5, 5.41) is 3.18. The molecule has 0 aromatic heterocycles. The minimum absolute atomic E-state index is 0.160. The van der Waals surface area contributed by atoms with E-state index in [1.165, 1.54) is 27.8 Å². The van der Waals surface area contributed by atoms with Gasteiger partial charge in [0, 0.05) is 13.6 Å². The topological polar surface area (TPSA) is 50.4 Å². The third kappa shape index (κ3) is 4.87. The van der Waals surface area contributed by atoms with Gasteiger partial charge in [0.1, 0.15) is 0 Å². The number of rotatable bonds is 5. The Labute approximate surface area is 158 Å². The van der Waals surface area contributed by atoms with Crippen LogP contribution >= 0.6 is 0 Å². The van der Waals surface area contributed by atoms with Gasteiger partial charge in [-0.3, -0.25) is 4.99 Å². The Kier molecular flexibility index (Phi) is 6.47. The number of aliphatic imine (C=N–C) groups is 1. The monoisotopic (exact) mass is 351 g/mol. The molecule has 3 N–H and O–H groups in total. The first-order valence-corrected chi connectivity index (χ1v) is 9.46. The molecule has 0 saturated heterocycles. The minimum Gasteiger partial charge on any atom is -0.370 e. The number of hydrogen-bond acceptors (Lipinski definition) is 1. The average Bonchev–Trinajstić information content (AvgIpc) is 2.64. The second-order valence-corrected chi connectivity index (χ2v) is 8.02. The Balaban J connectivity index is 2.44. The summed E-state index contributed by atoms with van der Waals surface area (Å²) < 4.78 is 0. The van der Waals surface area contributed by atoms with Gasteiger partial charge in [0.2, 0.25) is 0 Å². The fourth-order valence-corrected chi connectivity index (χ4v) is 2.97. The molecule has 26 heavy (non-hydrogen) atoms. The second-order valence-electron chi connectivity index (χ2n) is 8.02. The molecular weight excluding hydrogens is 318 g/mol. The van der Waals surface area contributed by atoms with Crippen molar-refractivity contribution in [3.05, 3.63) is 59.2 Å². The van der Waals surface area contributed by atoms with Crippen LogP contribution in [0, 0.1) is 0 Å². The predicted octanol–water partition coefficient (Wildman–Crippen LogP) is 5.20. The molecule has 0 aliphatic heterocycles. The number of benzene rings is 2. The number of guanidine groups is 1. The Morgan fingerprint density at radius 3 is 2.31 bits per heavy atom. The van der Waals surface area contributed by atoms with Gasteiger partial charge in [-0.25, -0.2) is 0 Å². The number of nitrogens with one attached hydrogen (secondary N) is 1. The molecule has 0 fully saturated rings. The van der Waals surface area contributed by atoms with Gasteiger partial charge in [-0.2, -0.15) is 0 Å². The van der Waals surface area contributed by atoms with Crippen molar-refractivity contribution in [2.75, 3.05) is 7.05 Å². The molecule has 0 saturated carbocycles. The van der Waals surface area contributed by atoms with Crippen LogP contribution in [0.25, 0.3) is 11.1 Å². The van der Waals surface area contributed by atoms with Crippen LogP contribution in [0.3, 0.4) is 0 Å². The van der Waals surface area contributed by atoms with E-state index in [-0.39, 0.29) is 5.41 Å². The van der Waals surface area contributed by atoms with Crippen LogP contribution in [0.15, 0.2) is 47.5 Å². The van der Waals surface area contributed by atoms with Crippen molar-refractivity contribution < 1.29 is 0 Å². The van der Waals surface area contributed by atoms with E-state index in [4.69, 9.17) is 5.73 Å². The van der Waals surface area contributed by atoms with Crippen LogP contribution in [0.1, 0.15) is 63.6 Å². The van der Waals surface area contributed by atoms with Crippen molar-refractivity contribution in [2.24, 2.45) is 10.7 Å². The zero-order valence-corrected chi connectivity index (χ0v) is 17.1. The zero-order valence-electron chi connectivity index (χ0n) is 17.1. The van der Waals surface area contributed by atoms with Crippen LogP contribution in [0.2, 0.25) is 0 Å². The lowest BCUT2D eigenvalue weighted by molar-refractivity contribution is 0.590. The van der Waals surface area contributed by atoms with Crippen LogP contribution in [-0.2, 0) is 12.0 Å². The Morgan fingerprint density at radius 2 is 1.77 bits per heavy atom. The molecule has 0 amide bonds. The van der Waals surface area contributed by atoms with Gasteiger partial charge < -0.3 is 11.1 Å². The summed E-state index contributed by atoms with van der Waals surface area (Å²) in [5.41, 5.74) is 12.4. The highest BCUT2D eigenvalue weighted by Crippen LogP contribution is 2.31. The summed E-state index contributed by atoms with van der Waals surface area (Å²) >= 11 is 0. The van der Waals surface area contributed by atoms with Crippen molar-refractivity contribution >= 4 is 5.96 Å². The van der Waals surface area contributed by atoms with Gasteiger partial charge in [0.25, 0.3) is 0 Å². The lowest BCUT2D eigenvalue weighted by atomic mass is 9.85. The number of nitrogens with two attached hydrogens (primary N) is 1. The highest BCUT2D eigenvalue weighted by atomic mass is 15.1. The Bertz CT molecular complexity index is 752. The molecule has 0 heterocycles. The molecule has 140 valence electrons. The maximum Gasteiger partial charge on any atom is 0.188 e. The maximum atomic E-state index is 5.82. The van der Waals surface area contributed by atoms with Crippen LogP contribution in [-0.4, -0.2) is 13.0 Å². The smallest absolute Gasteiger partial charge is 0.188 e. The van der Waals surface area contributed by atoms with Gasteiger partial charge in [-0.1, -0.05) is 77.1 Å². The quantitative estimate of drug-likeness (QED) is 0.575. The fourth-order valence-electron chi connectivity index (χ4n) is 2.97. The summed E-state index contributed by atoms with van der Waals surface area (Å²) in [6.07, 6.45) is 1.13. The maximum absolute atomic E-state index is 5.82. The van der Waals surface area contributed by atoms with Gasteiger partial charge in [0.05, 0.1) is 0 Å². The van der Waals surface area contributed by atoms with Crippen molar-refractivity contribution in [2.45, 2.75) is 58.9 Å². The SMILES string of the molecule is CCC(C)c1ccc(CNC(N)=NC)c(-c2ccc(C(C)(C)C)cc2)c1. The molecule has 0 spiro atoms. The third-order valence-electron chi connectivity index (χ3n) is 5.08. The van der Waals surface area contributed by atoms with Crippen LogP contribution in [0.4, 0.5) is 0 Å². The largest absolute Gasteiger partial charge is 0.370 e. The molecule has 0 radical (unpaired) electrons. The Morgan fingerprint density at radius 1 is 1.12 bits per heavy atom. The van der Waals surface area contributed by atoms with E-state index in [2.05, 4.69) is 87.4 Å². The van der Waals surface area contributed by atoms with Crippen molar-refractivity contribution in [1.82, 2.24) is 5.32 Å². The summed E-state index contributed by atoms with van der Waals surface area (Å²) in [7, 11) is 1.69. The van der Waals surface area contributed by atoms with Crippen LogP contribution < -0.4 is 11.1 Å². The molecule has 2 rings (SSSR count). The molecule has 2 aromatic rings. The average molecular weight is 352 g/mol. The highest BCUT2D eigenvalue weighted by molar-refractivity contribution is 5.78. The van der Waals surface area contributed by atoms with Crippen LogP contribution in [0.5, 0.6) is 0 Å². The standard InChI is InChI=1S/C23H33N3/c1-7-16(2)18-8-9-19(15-26-22(24)25-6)21(14-18)17-10-12-20(13-11-17)23(3,4)5/h8-14,16H,7,15H2,1-6H3,(H3,24,25,26). The molecule has 1 unspecified atom stereocenters. The highest BCUT2D eigenvalue weighted by Gasteiger charge is 2.15. The summed E-state index contributed by atoms with van der Waals surface area (Å²) in [5.74, 6) is 1.01. The lowest BCUT2D eigenvalue weighted by Gasteiger charge is -2.20. The third-order valence-corrected chi connectivity index (χ3v) is 5.08. The van der Waals surface area contributed by atoms with Gasteiger partial charge in [0.15, 0.2) is 5.96 Å². The molecular formula is C23H33N3. The molecule has 2 aromatic carbocycles. The first-order chi connectivity index (χ1) is 12.3. The summed E-state index contributed by atoms with van der Waals surface area (Å²) in [6, 6.07) is 15.7. The first-order valence-electron chi connectivity index (χ1n) is 9.46. The van der Waals surface area contributed by atoms with E-state index >= 15 is 0 Å². The summed E-state index contributed by atoms with van der Waals surface area (Å²) in [4.78, 5) is 3.99. The number of nitrogens with zero attached hydrogens (tertiary/aromatic N) is 1. The fraction of sp³-hybridized carbons (Fsp3) is 0.435. The van der Waals surface area contributed by atoms with Crippen molar-refractivity contribution in [3.63, 3.8) is 0 Å². The molecule has 0 aliphatic carbocycles. The first kappa shape index (κ1) is 20.0. The lowest BCUT2D eigenvalue weighted by Crippen LogP contribution is -2.30. The molecule has 0 aliphatic rings. The second kappa shape index (κ2) is 8.39. The molecule has 3 nitrogen and oxygen atoms in total. The van der Waals surface area contributed by atoms with Gasteiger partial charge >= 0.3 is 0 Å². The van der Waals surface area contributed by atoms with E-state index in [0.717, 1.165) is 6.42 Å². The van der Waals surface area contributed by atoms with E-state index in [1.54, 1.807) is 7.05 Å². The molecule has 0 bridgehead atoms. The van der Waals surface area contributed by atoms with E-state index in [9.17, 15) is 0 Å². The van der Waals surface area contributed by atoms with Crippen molar-refractivity contribution in [3.8, 4) is 11.1 Å². The van der Waals surface area contributed by atoms with E-state index < -0.39 is 0 Å². The predicted molar refractivity (Wildman–Crippen MR) is 114 cm³/mol. The van der Waals surface area contributed by atoms with E-state index in [1.807, 2.05) is 0 Å². The van der Waals surface area contributed by atoms with E-state index in [0.29, 0.717) is 18.4 Å². The summed E-state index contributed by atoms with van der Waals surface area (Å²) in [6.45, 7) is 11.9. The minimum atomic E-state index is 0.160.